The molecule has 0 heterocycles. The zero-order chi connectivity index (χ0) is 13.0. The standard InChI is InChI=1S/C11H19NO4/c1-6-11(5,8(14)7-13)12-9(15)16-10(2,3)4/h1,8,13-14H,7H2,2-5H3,(H,12,15). The van der Waals surface area contributed by atoms with E-state index >= 15 is 0 Å². The summed E-state index contributed by atoms with van der Waals surface area (Å²) in [7, 11) is 0. The van der Waals surface area contributed by atoms with Gasteiger partial charge in [0.15, 0.2) is 0 Å². The van der Waals surface area contributed by atoms with Gasteiger partial charge < -0.3 is 20.3 Å². The van der Waals surface area contributed by atoms with E-state index in [4.69, 9.17) is 16.3 Å². The van der Waals surface area contributed by atoms with Gasteiger partial charge in [-0.05, 0) is 27.7 Å². The molecule has 2 atom stereocenters. The Labute approximate surface area is 95.8 Å². The van der Waals surface area contributed by atoms with Crippen molar-refractivity contribution in [1.29, 1.82) is 0 Å². The molecule has 0 spiro atoms. The average molecular weight is 229 g/mol. The Balaban J connectivity index is 4.57. The topological polar surface area (TPSA) is 78.8 Å². The maximum absolute atomic E-state index is 11.4. The van der Waals surface area contributed by atoms with E-state index in [1.54, 1.807) is 20.8 Å². The van der Waals surface area contributed by atoms with Crippen LogP contribution < -0.4 is 5.32 Å². The predicted molar refractivity (Wildman–Crippen MR) is 59.7 cm³/mol. The summed E-state index contributed by atoms with van der Waals surface area (Å²) in [5.74, 6) is 2.22. The lowest BCUT2D eigenvalue weighted by atomic mass is 9.96. The Kier molecular flexibility index (Phi) is 4.79. The van der Waals surface area contributed by atoms with E-state index in [1.807, 2.05) is 0 Å². The smallest absolute Gasteiger partial charge is 0.408 e. The molecule has 0 aliphatic rings. The molecular weight excluding hydrogens is 210 g/mol. The van der Waals surface area contributed by atoms with Crippen molar-refractivity contribution in [3.05, 3.63) is 0 Å². The molecule has 0 aliphatic heterocycles. The first-order valence-corrected chi connectivity index (χ1v) is 4.92. The van der Waals surface area contributed by atoms with Gasteiger partial charge in [0.05, 0.1) is 6.61 Å². The van der Waals surface area contributed by atoms with Gasteiger partial charge in [-0.25, -0.2) is 4.79 Å². The van der Waals surface area contributed by atoms with Crippen LogP contribution in [0.25, 0.3) is 0 Å². The number of carbonyl (C=O) groups is 1. The molecule has 0 bridgehead atoms. The van der Waals surface area contributed by atoms with Crippen molar-refractivity contribution in [3.63, 3.8) is 0 Å². The normalized spacial score (nSPS) is 16.8. The summed E-state index contributed by atoms with van der Waals surface area (Å²) in [6.07, 6.45) is 3.22. The third-order valence-corrected chi connectivity index (χ3v) is 1.90. The van der Waals surface area contributed by atoms with E-state index in [1.165, 1.54) is 6.92 Å². The maximum atomic E-state index is 11.4. The van der Waals surface area contributed by atoms with Crippen LogP contribution in [0.3, 0.4) is 0 Å². The fourth-order valence-corrected chi connectivity index (χ4v) is 0.914. The van der Waals surface area contributed by atoms with E-state index in [2.05, 4.69) is 11.2 Å². The molecule has 2 unspecified atom stereocenters. The quantitative estimate of drug-likeness (QED) is 0.606. The second-order valence-electron chi connectivity index (χ2n) is 4.67. The first kappa shape index (κ1) is 14.8. The second kappa shape index (κ2) is 5.19. The van der Waals surface area contributed by atoms with Gasteiger partial charge in [0, 0.05) is 0 Å². The maximum Gasteiger partial charge on any atom is 0.408 e. The lowest BCUT2D eigenvalue weighted by Crippen LogP contribution is -2.55. The summed E-state index contributed by atoms with van der Waals surface area (Å²) in [4.78, 5) is 11.4. The summed E-state index contributed by atoms with van der Waals surface area (Å²) < 4.78 is 4.99. The molecule has 0 aromatic rings. The highest BCUT2D eigenvalue weighted by Gasteiger charge is 2.33. The molecule has 0 saturated heterocycles. The number of carbonyl (C=O) groups excluding carboxylic acids is 1. The molecule has 0 aliphatic carbocycles. The van der Waals surface area contributed by atoms with Crippen molar-refractivity contribution in [3.8, 4) is 12.3 Å². The Morgan fingerprint density at radius 3 is 2.31 bits per heavy atom. The van der Waals surface area contributed by atoms with E-state index in [0.717, 1.165) is 0 Å². The van der Waals surface area contributed by atoms with Crippen LogP contribution in [0.4, 0.5) is 4.79 Å². The van der Waals surface area contributed by atoms with Gasteiger partial charge in [0.1, 0.15) is 17.2 Å². The number of alkyl carbamates (subject to hydrolysis) is 1. The Hall–Kier alpha value is -1.25. The van der Waals surface area contributed by atoms with E-state index < -0.39 is 29.9 Å². The van der Waals surface area contributed by atoms with Crippen molar-refractivity contribution < 1.29 is 19.7 Å². The van der Waals surface area contributed by atoms with Gasteiger partial charge in [0.2, 0.25) is 0 Å². The first-order valence-electron chi connectivity index (χ1n) is 4.92. The third kappa shape index (κ3) is 4.51. The zero-order valence-corrected chi connectivity index (χ0v) is 10.1. The zero-order valence-electron chi connectivity index (χ0n) is 10.1. The number of hydrogen-bond donors (Lipinski definition) is 3. The minimum Gasteiger partial charge on any atom is -0.444 e. The molecule has 3 N–H and O–H groups in total. The number of hydrogen-bond acceptors (Lipinski definition) is 4. The van der Waals surface area contributed by atoms with Crippen LogP contribution in [0.15, 0.2) is 0 Å². The van der Waals surface area contributed by atoms with Crippen LogP contribution in [0.2, 0.25) is 0 Å². The van der Waals surface area contributed by atoms with Crippen LogP contribution >= 0.6 is 0 Å². The molecule has 92 valence electrons. The van der Waals surface area contributed by atoms with Crippen molar-refractivity contribution in [2.45, 2.75) is 44.9 Å². The van der Waals surface area contributed by atoms with Crippen LogP contribution in [-0.2, 0) is 4.74 Å². The molecule has 5 nitrogen and oxygen atoms in total. The van der Waals surface area contributed by atoms with Crippen molar-refractivity contribution >= 4 is 6.09 Å². The summed E-state index contributed by atoms with van der Waals surface area (Å²) in [5.41, 5.74) is -2.00. The average Bonchev–Trinajstić information content (AvgIpc) is 2.13. The molecule has 0 radical (unpaired) electrons. The Morgan fingerprint density at radius 1 is 1.50 bits per heavy atom. The Bertz CT molecular complexity index is 289. The van der Waals surface area contributed by atoms with Gasteiger partial charge in [-0.3, -0.25) is 0 Å². The molecule has 0 fully saturated rings. The van der Waals surface area contributed by atoms with Gasteiger partial charge in [-0.1, -0.05) is 5.92 Å². The minimum atomic E-state index is -1.35. The molecule has 0 aromatic carbocycles. The summed E-state index contributed by atoms with van der Waals surface area (Å²) >= 11 is 0. The number of aliphatic hydroxyl groups excluding tert-OH is 2. The summed E-state index contributed by atoms with van der Waals surface area (Å²) in [6, 6.07) is 0. The molecular formula is C11H19NO4. The highest BCUT2D eigenvalue weighted by atomic mass is 16.6. The number of amides is 1. The van der Waals surface area contributed by atoms with E-state index in [-0.39, 0.29) is 0 Å². The fraction of sp³-hybridized carbons (Fsp3) is 0.727. The molecule has 16 heavy (non-hydrogen) atoms. The number of aliphatic hydroxyl groups is 2. The molecule has 0 aromatic heterocycles. The number of ether oxygens (including phenoxy) is 1. The van der Waals surface area contributed by atoms with Crippen LogP contribution in [0.1, 0.15) is 27.7 Å². The van der Waals surface area contributed by atoms with Crippen molar-refractivity contribution in [2.75, 3.05) is 6.61 Å². The number of terminal acetylenes is 1. The third-order valence-electron chi connectivity index (χ3n) is 1.90. The lowest BCUT2D eigenvalue weighted by Gasteiger charge is -2.30. The van der Waals surface area contributed by atoms with Crippen molar-refractivity contribution in [1.82, 2.24) is 5.32 Å². The summed E-state index contributed by atoms with van der Waals surface area (Å²) in [5, 5.41) is 20.6. The SMILES string of the molecule is C#CC(C)(NC(=O)OC(C)(C)C)C(O)CO. The monoisotopic (exact) mass is 229 g/mol. The first-order chi connectivity index (χ1) is 7.14. The second-order valence-corrected chi connectivity index (χ2v) is 4.67. The van der Waals surface area contributed by atoms with Gasteiger partial charge in [-0.15, -0.1) is 6.42 Å². The fourth-order valence-electron chi connectivity index (χ4n) is 0.914. The van der Waals surface area contributed by atoms with Gasteiger partial charge in [-0.2, -0.15) is 0 Å². The number of rotatable bonds is 3. The highest BCUT2D eigenvalue weighted by molar-refractivity contribution is 5.69. The highest BCUT2D eigenvalue weighted by Crippen LogP contribution is 2.12. The molecule has 1 amide bonds. The van der Waals surface area contributed by atoms with E-state index in [0.29, 0.717) is 0 Å². The minimum absolute atomic E-state index is 0.545. The van der Waals surface area contributed by atoms with E-state index in [9.17, 15) is 9.90 Å². The molecule has 5 heteroatoms. The summed E-state index contributed by atoms with van der Waals surface area (Å²) in [6.45, 7) is 6.01. The Morgan fingerprint density at radius 2 is 2.00 bits per heavy atom. The van der Waals surface area contributed by atoms with Crippen molar-refractivity contribution in [2.24, 2.45) is 0 Å². The number of nitrogens with one attached hydrogen (secondary N) is 1. The van der Waals surface area contributed by atoms with Crippen LogP contribution in [0, 0.1) is 12.3 Å². The van der Waals surface area contributed by atoms with Gasteiger partial charge >= 0.3 is 6.09 Å². The van der Waals surface area contributed by atoms with Crippen LogP contribution in [0.5, 0.6) is 0 Å². The predicted octanol–water partition coefficient (Wildman–Crippen LogP) is 0.256. The molecule has 0 rings (SSSR count). The largest absolute Gasteiger partial charge is 0.444 e. The van der Waals surface area contributed by atoms with Crippen LogP contribution in [-0.4, -0.2) is 40.2 Å². The van der Waals surface area contributed by atoms with Gasteiger partial charge in [0.25, 0.3) is 0 Å². The molecule has 0 saturated carbocycles. The lowest BCUT2D eigenvalue weighted by molar-refractivity contribution is 0.0211.